The van der Waals surface area contributed by atoms with E-state index < -0.39 is 20.2 Å². The number of hydrogen-bond donors (Lipinski definition) is 2. The first-order valence-electron chi connectivity index (χ1n) is 12.5. The van der Waals surface area contributed by atoms with Crippen molar-refractivity contribution in [1.29, 1.82) is 0 Å². The maximum absolute atomic E-state index is 12.4. The Balaban J connectivity index is 2.08. The molecule has 0 radical (unpaired) electrons. The van der Waals surface area contributed by atoms with Crippen LogP contribution in [0.5, 0.6) is 11.5 Å². The van der Waals surface area contributed by atoms with E-state index in [0.717, 1.165) is 15.2 Å². The molecule has 0 unspecified atom stereocenters. The third-order valence-electron chi connectivity index (χ3n) is 7.29. The molecule has 212 valence electrons. The van der Waals surface area contributed by atoms with E-state index in [4.69, 9.17) is 37.1 Å². The highest BCUT2D eigenvalue weighted by atomic mass is 35.5. The van der Waals surface area contributed by atoms with Gasteiger partial charge in [-0.1, -0.05) is 50.0 Å². The number of rotatable bonds is 11. The fraction of sp³-hybridized carbons (Fsp3) is 0.429. The van der Waals surface area contributed by atoms with Gasteiger partial charge in [-0.15, -0.1) is 11.3 Å². The first-order chi connectivity index (χ1) is 18.2. The summed E-state index contributed by atoms with van der Waals surface area (Å²) in [5.74, 6) is -0.347. The van der Waals surface area contributed by atoms with Crippen LogP contribution in [-0.4, -0.2) is 45.4 Å². The summed E-state index contributed by atoms with van der Waals surface area (Å²) in [4.78, 5) is 13.6. The van der Waals surface area contributed by atoms with Crippen molar-refractivity contribution in [3.05, 3.63) is 73.1 Å². The molecule has 0 aliphatic carbocycles. The van der Waals surface area contributed by atoms with Gasteiger partial charge in [0.2, 0.25) is 12.4 Å². The first-order valence-corrected chi connectivity index (χ1v) is 17.0. The molecule has 2 aromatic heterocycles. The van der Waals surface area contributed by atoms with Gasteiger partial charge in [0.05, 0.1) is 14.2 Å². The second kappa shape index (κ2) is 12.5. The number of halogens is 2. The van der Waals surface area contributed by atoms with Crippen LogP contribution in [0.4, 0.5) is 0 Å². The lowest BCUT2D eigenvalue weighted by Gasteiger charge is -2.36. The van der Waals surface area contributed by atoms with Gasteiger partial charge in [0, 0.05) is 34.1 Å². The molecule has 0 aliphatic heterocycles. The Kier molecular flexibility index (Phi) is 9.99. The Morgan fingerprint density at radius 1 is 1.08 bits per heavy atom. The van der Waals surface area contributed by atoms with Gasteiger partial charge >= 0.3 is 5.97 Å². The minimum atomic E-state index is -1.94. The number of ether oxygens (including phenoxy) is 2. The van der Waals surface area contributed by atoms with Gasteiger partial charge in [-0.25, -0.2) is 4.79 Å². The van der Waals surface area contributed by atoms with Crippen molar-refractivity contribution >= 4 is 48.8 Å². The molecule has 3 aromatic rings. The lowest BCUT2D eigenvalue weighted by molar-refractivity contribution is -0.904. The molecular formula is C28H36Cl2NO6SSi+. The molecule has 0 amide bonds. The number of carboxylic acid groups (broad SMARTS) is 1. The molecule has 2 N–H and O–H groups in total. The van der Waals surface area contributed by atoms with E-state index in [1.165, 1.54) is 23.7 Å². The lowest BCUT2D eigenvalue weighted by Crippen LogP contribution is -2.41. The van der Waals surface area contributed by atoms with Gasteiger partial charge in [-0.05, 0) is 53.9 Å². The number of carboxylic acids is 1. The molecule has 11 heteroatoms. The van der Waals surface area contributed by atoms with E-state index in [9.17, 15) is 15.1 Å². The van der Waals surface area contributed by atoms with Gasteiger partial charge in [-0.3, -0.25) is 5.21 Å². The zero-order valence-corrected chi connectivity index (χ0v) is 26.6. The summed E-state index contributed by atoms with van der Waals surface area (Å²) in [7, 11) is 1.17. The van der Waals surface area contributed by atoms with Crippen molar-refractivity contribution < 1.29 is 33.7 Å². The Morgan fingerprint density at radius 2 is 1.69 bits per heavy atom. The Hall–Kier alpha value is -2.30. The van der Waals surface area contributed by atoms with Gasteiger partial charge in [0.1, 0.15) is 14.9 Å². The van der Waals surface area contributed by atoms with Gasteiger partial charge < -0.3 is 19.0 Å². The molecule has 0 saturated heterocycles. The third kappa shape index (κ3) is 7.26. The molecule has 39 heavy (non-hydrogen) atoms. The van der Waals surface area contributed by atoms with Crippen LogP contribution in [-0.2, 0) is 17.3 Å². The molecule has 0 spiro atoms. The molecule has 0 fully saturated rings. The van der Waals surface area contributed by atoms with Crippen LogP contribution in [0.1, 0.15) is 57.9 Å². The fourth-order valence-electron chi connectivity index (χ4n) is 4.05. The van der Waals surface area contributed by atoms with E-state index in [-0.39, 0.29) is 20.0 Å². The van der Waals surface area contributed by atoms with Crippen molar-refractivity contribution in [2.75, 3.05) is 20.8 Å². The highest BCUT2D eigenvalue weighted by Gasteiger charge is 2.37. The highest BCUT2D eigenvalue weighted by Crippen LogP contribution is 2.41. The summed E-state index contributed by atoms with van der Waals surface area (Å²) in [6.07, 6.45) is 3.60. The zero-order valence-electron chi connectivity index (χ0n) is 23.3. The van der Waals surface area contributed by atoms with E-state index >= 15 is 0 Å². The van der Waals surface area contributed by atoms with Crippen LogP contribution in [0.3, 0.4) is 0 Å². The van der Waals surface area contributed by atoms with E-state index in [0.29, 0.717) is 42.1 Å². The minimum Gasteiger partial charge on any atom is -0.493 e. The van der Waals surface area contributed by atoms with Crippen LogP contribution < -0.4 is 14.2 Å². The van der Waals surface area contributed by atoms with Crippen molar-refractivity contribution in [3.63, 3.8) is 0 Å². The molecular weight excluding hydrogens is 577 g/mol. The number of nitrogens with zero attached hydrogens (tertiary/aromatic N) is 1. The van der Waals surface area contributed by atoms with Crippen LogP contribution in [0, 0.1) is 0 Å². The Bertz CT molecular complexity index is 1320. The van der Waals surface area contributed by atoms with Gasteiger partial charge in [-0.2, -0.15) is 0 Å². The second-order valence-corrected chi connectivity index (χ2v) is 17.6. The van der Waals surface area contributed by atoms with Crippen LogP contribution >= 0.6 is 34.5 Å². The van der Waals surface area contributed by atoms with Crippen molar-refractivity contribution in [1.82, 2.24) is 0 Å². The Labute approximate surface area is 245 Å². The summed E-state index contributed by atoms with van der Waals surface area (Å²) in [5.41, 5.74) is 2.05. The topological polar surface area (TPSA) is 89.1 Å². The first kappa shape index (κ1) is 31.2. The third-order valence-corrected chi connectivity index (χ3v) is 13.7. The van der Waals surface area contributed by atoms with Crippen molar-refractivity contribution in [2.24, 2.45) is 0 Å². The molecule has 0 aliphatic rings. The summed E-state index contributed by atoms with van der Waals surface area (Å²) < 4.78 is 18.1. The number of aromatic nitrogens is 1. The predicted molar refractivity (Wildman–Crippen MR) is 157 cm³/mol. The van der Waals surface area contributed by atoms with Gasteiger partial charge in [0.25, 0.3) is 0 Å². The highest BCUT2D eigenvalue weighted by molar-refractivity contribution is 7.14. The summed E-state index contributed by atoms with van der Waals surface area (Å²) >= 11 is 14.2. The minimum absolute atomic E-state index is 0.0826. The fourth-order valence-corrected chi connectivity index (χ4v) is 6.74. The van der Waals surface area contributed by atoms with E-state index in [1.54, 1.807) is 20.3 Å². The number of benzene rings is 1. The molecule has 7 nitrogen and oxygen atoms in total. The Morgan fingerprint density at radius 3 is 2.23 bits per heavy atom. The molecule has 2 heterocycles. The van der Waals surface area contributed by atoms with Crippen molar-refractivity contribution in [3.8, 4) is 11.5 Å². The van der Waals surface area contributed by atoms with Crippen molar-refractivity contribution in [2.45, 2.75) is 57.7 Å². The molecule has 0 saturated carbocycles. The van der Waals surface area contributed by atoms with Crippen LogP contribution in [0.25, 0.3) is 0 Å². The summed E-state index contributed by atoms with van der Waals surface area (Å²) in [5, 5.41) is 20.7. The number of hydrogen-bond acceptors (Lipinski definition) is 6. The molecule has 1 atom stereocenters. The molecule has 0 bridgehead atoms. The molecule has 1 aromatic carbocycles. The number of carbonyl (C=O) groups is 1. The number of pyridine rings is 1. The maximum Gasteiger partial charge on any atom is 0.346 e. The normalized spacial score (nSPS) is 12.8. The average molecular weight is 614 g/mol. The van der Waals surface area contributed by atoms with E-state index in [1.807, 2.05) is 18.2 Å². The number of thiophene rings is 1. The smallest absolute Gasteiger partial charge is 0.346 e. The number of aromatic carboxylic acids is 1. The monoisotopic (exact) mass is 612 g/mol. The SMILES string of the molecule is COc1ccc([C@H](Cc2c(Cl)c[n+](O)cc2Cl)c2cc(CCO[Si](C)(C)C(C)(C)C)sc2C(=O)O)cc1OC. The summed E-state index contributed by atoms with van der Waals surface area (Å²) in [6, 6.07) is 7.45. The van der Waals surface area contributed by atoms with E-state index in [2.05, 4.69) is 33.9 Å². The second-order valence-electron chi connectivity index (χ2n) is 10.8. The van der Waals surface area contributed by atoms with Crippen LogP contribution in [0.15, 0.2) is 36.7 Å². The molecule has 3 rings (SSSR count). The number of methoxy groups -OCH3 is 2. The zero-order chi connectivity index (χ0) is 29.1. The summed E-state index contributed by atoms with van der Waals surface area (Å²) in [6.45, 7) is 11.5. The van der Waals surface area contributed by atoms with Crippen LogP contribution in [0.2, 0.25) is 28.2 Å². The largest absolute Gasteiger partial charge is 0.493 e. The quantitative estimate of drug-likeness (QED) is 0.135. The average Bonchev–Trinajstić information content (AvgIpc) is 3.26. The predicted octanol–water partition coefficient (Wildman–Crippen LogP) is 7.23. The maximum atomic E-state index is 12.4. The van der Waals surface area contributed by atoms with Gasteiger partial charge in [0.15, 0.2) is 19.8 Å². The lowest BCUT2D eigenvalue weighted by atomic mass is 9.85. The standard InChI is InChI=1S/C28H35Cl2NO6SSi/c1-28(2,3)39(6,7)37-11-10-18-13-20(26(38-18)27(32)33)19(14-21-22(29)15-31(34)16-23(21)30)17-8-9-24(35-4)25(12-17)36-5/h8-9,12-13,15-16,19H,10-11,14H2,1-7H3,(H-,32,33,34)/p+1/t19-/m0/s1.